The maximum Gasteiger partial charge on any atom is 0.311 e. The molecule has 1 N–H and O–H groups in total. The molecule has 0 fully saturated rings. The summed E-state index contributed by atoms with van der Waals surface area (Å²) >= 11 is 3.26. The van der Waals surface area contributed by atoms with Crippen molar-refractivity contribution >= 4 is 27.3 Å². The summed E-state index contributed by atoms with van der Waals surface area (Å²) in [5.41, 5.74) is 0.392. The average Bonchev–Trinajstić information content (AvgIpc) is 2.49. The second-order valence-corrected chi connectivity index (χ2v) is 5.07. The predicted octanol–water partition coefficient (Wildman–Crippen LogP) is 3.63. The van der Waals surface area contributed by atoms with E-state index in [0.29, 0.717) is 23.3 Å². The summed E-state index contributed by atoms with van der Waals surface area (Å²) in [5, 5.41) is 14.0. The lowest BCUT2D eigenvalue weighted by molar-refractivity contribution is -0.384. The van der Waals surface area contributed by atoms with Gasteiger partial charge in [-0.3, -0.25) is 15.1 Å². The Morgan fingerprint density at radius 2 is 2.05 bits per heavy atom. The highest BCUT2D eigenvalue weighted by molar-refractivity contribution is 9.10. The molecule has 0 amide bonds. The molecule has 0 aliphatic heterocycles. The van der Waals surface area contributed by atoms with Crippen molar-refractivity contribution in [1.82, 2.24) is 4.98 Å². The second kappa shape index (κ2) is 7.58. The van der Waals surface area contributed by atoms with E-state index in [-0.39, 0.29) is 5.69 Å². The monoisotopic (exact) mass is 351 g/mol. The van der Waals surface area contributed by atoms with Gasteiger partial charge in [0.2, 0.25) is 0 Å². The maximum absolute atomic E-state index is 10.9. The molecule has 1 aromatic heterocycles. The summed E-state index contributed by atoms with van der Waals surface area (Å²) in [6.45, 7) is 1.10. The molecule has 21 heavy (non-hydrogen) atoms. The number of pyridine rings is 1. The number of benzene rings is 1. The fourth-order valence-corrected chi connectivity index (χ4v) is 2.19. The minimum atomic E-state index is -0.458. The lowest BCUT2D eigenvalue weighted by atomic mass is 10.3. The summed E-state index contributed by atoms with van der Waals surface area (Å²) in [7, 11) is 0. The van der Waals surface area contributed by atoms with Crippen molar-refractivity contribution in [3.05, 3.63) is 57.3 Å². The number of hydrogen-bond acceptors (Lipinski definition) is 5. The third-order valence-electron chi connectivity index (χ3n) is 2.71. The Bertz CT molecular complexity index is 608. The summed E-state index contributed by atoms with van der Waals surface area (Å²) in [5.74, 6) is 0.813. The zero-order chi connectivity index (χ0) is 15.1. The van der Waals surface area contributed by atoms with Gasteiger partial charge in [-0.25, -0.2) is 0 Å². The number of aromatic nitrogens is 1. The summed E-state index contributed by atoms with van der Waals surface area (Å²) in [6.07, 6.45) is 3.48. The molecule has 0 saturated heterocycles. The normalized spacial score (nSPS) is 10.1. The van der Waals surface area contributed by atoms with Gasteiger partial charge in [-0.15, -0.1) is 0 Å². The lowest BCUT2D eigenvalue weighted by Gasteiger charge is -2.09. The van der Waals surface area contributed by atoms with Crippen molar-refractivity contribution in [3.63, 3.8) is 0 Å². The molecule has 0 unspecified atom stereocenters. The van der Waals surface area contributed by atoms with Crippen molar-refractivity contribution in [1.29, 1.82) is 0 Å². The molecule has 0 atom stereocenters. The van der Waals surface area contributed by atoms with E-state index in [2.05, 4.69) is 26.2 Å². The molecular weight excluding hydrogens is 338 g/mol. The quantitative estimate of drug-likeness (QED) is 0.468. The molecule has 2 rings (SSSR count). The molecule has 6 nitrogen and oxygen atoms in total. The van der Waals surface area contributed by atoms with Crippen LogP contribution in [-0.4, -0.2) is 23.1 Å². The molecule has 0 spiro atoms. The topological polar surface area (TPSA) is 77.3 Å². The Labute approximate surface area is 130 Å². The van der Waals surface area contributed by atoms with E-state index in [9.17, 15) is 10.1 Å². The molecule has 0 aliphatic carbocycles. The number of ether oxygens (including phenoxy) is 1. The third kappa shape index (κ3) is 4.42. The van der Waals surface area contributed by atoms with Crippen molar-refractivity contribution < 1.29 is 9.66 Å². The fraction of sp³-hybridized carbons (Fsp3) is 0.214. The molecule has 1 aromatic carbocycles. The highest BCUT2D eigenvalue weighted by Crippen LogP contribution is 2.30. The van der Waals surface area contributed by atoms with E-state index in [1.54, 1.807) is 0 Å². The number of rotatable bonds is 7. The lowest BCUT2D eigenvalue weighted by Crippen LogP contribution is -2.09. The Morgan fingerprint density at radius 3 is 2.76 bits per heavy atom. The minimum Gasteiger partial charge on any atom is -0.494 e. The van der Waals surface area contributed by atoms with Crippen LogP contribution in [0.1, 0.15) is 6.42 Å². The van der Waals surface area contributed by atoms with Gasteiger partial charge in [0, 0.05) is 12.7 Å². The molecule has 110 valence electrons. The van der Waals surface area contributed by atoms with E-state index in [4.69, 9.17) is 4.74 Å². The van der Waals surface area contributed by atoms with Gasteiger partial charge in [0.15, 0.2) is 0 Å². The minimum absolute atomic E-state index is 0.0478. The number of halogens is 1. The van der Waals surface area contributed by atoms with Crippen molar-refractivity contribution in [2.24, 2.45) is 0 Å². The number of nitrogens with zero attached hydrogens (tertiary/aromatic N) is 2. The van der Waals surface area contributed by atoms with Crippen molar-refractivity contribution in [2.75, 3.05) is 18.5 Å². The first-order chi connectivity index (χ1) is 10.2. The third-order valence-corrected chi connectivity index (χ3v) is 3.31. The van der Waals surface area contributed by atoms with Crippen LogP contribution in [0.15, 0.2) is 47.2 Å². The molecule has 0 radical (unpaired) electrons. The summed E-state index contributed by atoms with van der Waals surface area (Å²) in [6, 6.07) is 9.51. The Hall–Kier alpha value is -2.15. The fourth-order valence-electron chi connectivity index (χ4n) is 1.73. The highest BCUT2D eigenvalue weighted by atomic mass is 79.9. The maximum atomic E-state index is 10.9. The molecule has 0 aliphatic rings. The van der Waals surface area contributed by atoms with Gasteiger partial charge in [0.05, 0.1) is 16.0 Å². The van der Waals surface area contributed by atoms with Gasteiger partial charge in [-0.05, 0) is 34.5 Å². The average molecular weight is 352 g/mol. The van der Waals surface area contributed by atoms with Gasteiger partial charge in [-0.1, -0.05) is 18.2 Å². The highest BCUT2D eigenvalue weighted by Gasteiger charge is 2.16. The number of nitro groups is 1. The molecule has 0 saturated carbocycles. The van der Waals surface area contributed by atoms with E-state index >= 15 is 0 Å². The van der Waals surface area contributed by atoms with Crippen molar-refractivity contribution in [2.45, 2.75) is 6.42 Å². The van der Waals surface area contributed by atoms with Gasteiger partial charge in [0.25, 0.3) is 0 Å². The van der Waals surface area contributed by atoms with Gasteiger partial charge < -0.3 is 10.1 Å². The SMILES string of the molecule is O=[N+]([O-])c1cncc(Br)c1NCCCOc1ccccc1. The number of anilines is 1. The van der Waals surface area contributed by atoms with Crippen LogP contribution in [0.4, 0.5) is 11.4 Å². The van der Waals surface area contributed by atoms with Crippen LogP contribution in [0.3, 0.4) is 0 Å². The Balaban J connectivity index is 1.83. The zero-order valence-corrected chi connectivity index (χ0v) is 12.7. The standard InChI is InChI=1S/C14H14BrN3O3/c15-12-9-16-10-13(18(19)20)14(12)17-7-4-8-21-11-5-2-1-3-6-11/h1-3,5-6,9-10H,4,7-8H2,(H,16,17). The van der Waals surface area contributed by atoms with Crippen LogP contribution in [0.2, 0.25) is 0 Å². The van der Waals surface area contributed by atoms with Crippen LogP contribution in [-0.2, 0) is 0 Å². The van der Waals surface area contributed by atoms with Crippen LogP contribution >= 0.6 is 15.9 Å². The molecule has 1 heterocycles. The predicted molar refractivity (Wildman–Crippen MR) is 83.6 cm³/mol. The second-order valence-electron chi connectivity index (χ2n) is 4.21. The Morgan fingerprint density at radius 1 is 1.29 bits per heavy atom. The van der Waals surface area contributed by atoms with Gasteiger partial charge in [-0.2, -0.15) is 0 Å². The van der Waals surface area contributed by atoms with E-state index in [0.717, 1.165) is 12.2 Å². The first-order valence-electron chi connectivity index (χ1n) is 6.38. The number of para-hydroxylation sites is 1. The first kappa shape index (κ1) is 15.2. The zero-order valence-electron chi connectivity index (χ0n) is 11.2. The largest absolute Gasteiger partial charge is 0.494 e. The van der Waals surface area contributed by atoms with Gasteiger partial charge in [0.1, 0.15) is 17.6 Å². The van der Waals surface area contributed by atoms with Crippen LogP contribution < -0.4 is 10.1 Å². The van der Waals surface area contributed by atoms with Crippen LogP contribution in [0.5, 0.6) is 5.75 Å². The Kier molecular flexibility index (Phi) is 5.51. The van der Waals surface area contributed by atoms with Crippen molar-refractivity contribution in [3.8, 4) is 5.75 Å². The number of nitrogens with one attached hydrogen (secondary N) is 1. The van der Waals surface area contributed by atoms with E-state index in [1.807, 2.05) is 30.3 Å². The summed E-state index contributed by atoms with van der Waals surface area (Å²) in [4.78, 5) is 14.3. The number of hydrogen-bond donors (Lipinski definition) is 1. The smallest absolute Gasteiger partial charge is 0.311 e. The molecule has 0 bridgehead atoms. The molecular formula is C14H14BrN3O3. The summed E-state index contributed by atoms with van der Waals surface area (Å²) < 4.78 is 6.12. The molecule has 2 aromatic rings. The van der Waals surface area contributed by atoms with Crippen LogP contribution in [0.25, 0.3) is 0 Å². The van der Waals surface area contributed by atoms with Crippen LogP contribution in [0, 0.1) is 10.1 Å². The van der Waals surface area contributed by atoms with E-state index < -0.39 is 4.92 Å². The van der Waals surface area contributed by atoms with E-state index in [1.165, 1.54) is 12.4 Å². The first-order valence-corrected chi connectivity index (χ1v) is 7.17. The molecule has 7 heteroatoms. The van der Waals surface area contributed by atoms with Gasteiger partial charge >= 0.3 is 5.69 Å².